The fourth-order valence-corrected chi connectivity index (χ4v) is 3.69. The molecule has 5 rings (SSSR count). The molecule has 0 fully saturated rings. The number of para-hydroxylation sites is 1. The van der Waals surface area contributed by atoms with Crippen molar-refractivity contribution in [2.45, 2.75) is 6.92 Å². The normalized spacial score (nSPS) is 10.8. The van der Waals surface area contributed by atoms with Gasteiger partial charge in [-0.3, -0.25) is 9.78 Å². The van der Waals surface area contributed by atoms with Crippen molar-refractivity contribution >= 4 is 22.5 Å². The first-order chi connectivity index (χ1) is 16.1. The van der Waals surface area contributed by atoms with Crippen molar-refractivity contribution in [2.24, 2.45) is 0 Å². The summed E-state index contributed by atoms with van der Waals surface area (Å²) in [4.78, 5) is 22.2. The third-order valence-corrected chi connectivity index (χ3v) is 5.31. The maximum Gasteiger partial charge on any atom is 0.276 e. The second kappa shape index (κ2) is 8.55. The molecule has 7 nitrogen and oxygen atoms in total. The van der Waals surface area contributed by atoms with Crippen LogP contribution in [0, 0.1) is 6.92 Å². The van der Waals surface area contributed by atoms with Crippen LogP contribution in [-0.2, 0) is 0 Å². The van der Waals surface area contributed by atoms with Crippen LogP contribution < -0.4 is 10.1 Å². The van der Waals surface area contributed by atoms with Gasteiger partial charge in [0.15, 0.2) is 11.5 Å². The lowest BCUT2D eigenvalue weighted by Crippen LogP contribution is -2.13. The van der Waals surface area contributed by atoms with Gasteiger partial charge in [0.2, 0.25) is 0 Å². The number of methoxy groups -OCH3 is 1. The lowest BCUT2D eigenvalue weighted by molar-refractivity contribution is 0.102. The highest BCUT2D eigenvalue weighted by atomic mass is 16.5. The van der Waals surface area contributed by atoms with Crippen LogP contribution in [-0.4, -0.2) is 32.8 Å². The minimum atomic E-state index is -0.314. The first kappa shape index (κ1) is 20.4. The number of pyridine rings is 2. The summed E-state index contributed by atoms with van der Waals surface area (Å²) in [5.74, 6) is 1.04. The van der Waals surface area contributed by atoms with E-state index in [2.05, 4.69) is 20.4 Å². The highest BCUT2D eigenvalue weighted by Crippen LogP contribution is 2.30. The van der Waals surface area contributed by atoms with E-state index < -0.39 is 0 Å². The SMILES string of the molecule is COc1ccc(NC(=O)c2cc(-c3ccnc4ccccc34)n(-c3cccc(C)n3)n2)cc1. The summed E-state index contributed by atoms with van der Waals surface area (Å²) in [6, 6.07) is 24.5. The van der Waals surface area contributed by atoms with Crippen molar-refractivity contribution in [3.8, 4) is 22.8 Å². The molecule has 7 heteroatoms. The van der Waals surface area contributed by atoms with E-state index in [1.807, 2.05) is 55.5 Å². The number of rotatable bonds is 5. The molecular formula is C26H21N5O2. The summed E-state index contributed by atoms with van der Waals surface area (Å²) in [5.41, 5.74) is 4.33. The van der Waals surface area contributed by atoms with Crippen LogP contribution in [0.1, 0.15) is 16.2 Å². The number of nitrogens with one attached hydrogen (secondary N) is 1. The predicted octanol–water partition coefficient (Wildman–Crippen LogP) is 5.05. The molecule has 0 spiro atoms. The van der Waals surface area contributed by atoms with E-state index in [1.165, 1.54) is 0 Å². The Morgan fingerprint density at radius 2 is 1.79 bits per heavy atom. The van der Waals surface area contributed by atoms with Gasteiger partial charge in [0, 0.05) is 28.5 Å². The number of aryl methyl sites for hydroxylation is 1. The van der Waals surface area contributed by atoms with Gasteiger partial charge in [-0.2, -0.15) is 5.10 Å². The number of amides is 1. The molecule has 3 aromatic heterocycles. The van der Waals surface area contributed by atoms with Crippen LogP contribution in [0.2, 0.25) is 0 Å². The molecule has 0 saturated heterocycles. The summed E-state index contributed by atoms with van der Waals surface area (Å²) in [6.07, 6.45) is 1.76. The number of hydrogen-bond donors (Lipinski definition) is 1. The molecule has 1 amide bonds. The summed E-state index contributed by atoms with van der Waals surface area (Å²) in [5, 5.41) is 8.50. The van der Waals surface area contributed by atoms with Gasteiger partial charge in [0.1, 0.15) is 5.75 Å². The van der Waals surface area contributed by atoms with Crippen molar-refractivity contribution in [1.29, 1.82) is 0 Å². The van der Waals surface area contributed by atoms with E-state index in [4.69, 9.17) is 4.74 Å². The highest BCUT2D eigenvalue weighted by Gasteiger charge is 2.19. The first-order valence-corrected chi connectivity index (χ1v) is 10.5. The molecule has 2 aromatic carbocycles. The van der Waals surface area contributed by atoms with Gasteiger partial charge in [-0.15, -0.1) is 0 Å². The molecule has 0 bridgehead atoms. The molecule has 0 aliphatic carbocycles. The Hall–Kier alpha value is -4.52. The molecule has 3 heterocycles. The summed E-state index contributed by atoms with van der Waals surface area (Å²) in [6.45, 7) is 1.92. The first-order valence-electron chi connectivity index (χ1n) is 10.5. The second-order valence-corrected chi connectivity index (χ2v) is 7.52. The fraction of sp³-hybridized carbons (Fsp3) is 0.0769. The molecular weight excluding hydrogens is 414 g/mol. The number of hydrogen-bond acceptors (Lipinski definition) is 5. The number of carbonyl (C=O) groups is 1. The van der Waals surface area contributed by atoms with E-state index in [0.717, 1.165) is 33.6 Å². The Bertz CT molecular complexity index is 1450. The van der Waals surface area contributed by atoms with Crippen molar-refractivity contribution in [1.82, 2.24) is 19.7 Å². The van der Waals surface area contributed by atoms with Gasteiger partial charge >= 0.3 is 0 Å². The molecule has 0 aliphatic heterocycles. The molecule has 162 valence electrons. The van der Waals surface area contributed by atoms with Gasteiger partial charge in [0.25, 0.3) is 5.91 Å². The standard InChI is InChI=1S/C26H21N5O2/c1-17-6-5-9-25(28-17)31-24(21-14-15-27-22-8-4-3-7-20(21)22)16-23(30-31)26(32)29-18-10-12-19(33-2)13-11-18/h3-16H,1-2H3,(H,29,32). The van der Waals surface area contributed by atoms with Gasteiger partial charge in [0.05, 0.1) is 18.3 Å². The van der Waals surface area contributed by atoms with Crippen LogP contribution in [0.25, 0.3) is 28.0 Å². The Balaban J connectivity index is 1.61. The maximum absolute atomic E-state index is 13.1. The molecule has 0 aliphatic rings. The molecule has 0 atom stereocenters. The largest absolute Gasteiger partial charge is 0.497 e. The number of aromatic nitrogens is 4. The molecule has 33 heavy (non-hydrogen) atoms. The van der Waals surface area contributed by atoms with E-state index in [9.17, 15) is 4.79 Å². The number of fused-ring (bicyclic) bond motifs is 1. The Morgan fingerprint density at radius 1 is 0.970 bits per heavy atom. The number of anilines is 1. The van der Waals surface area contributed by atoms with Crippen molar-refractivity contribution < 1.29 is 9.53 Å². The van der Waals surface area contributed by atoms with Gasteiger partial charge in [-0.05, 0) is 61.5 Å². The zero-order valence-electron chi connectivity index (χ0n) is 18.2. The highest BCUT2D eigenvalue weighted by molar-refractivity contribution is 6.04. The second-order valence-electron chi connectivity index (χ2n) is 7.52. The zero-order chi connectivity index (χ0) is 22.8. The van der Waals surface area contributed by atoms with Crippen LogP contribution in [0.3, 0.4) is 0 Å². The van der Waals surface area contributed by atoms with Gasteiger partial charge in [-0.1, -0.05) is 24.3 Å². The number of carbonyl (C=O) groups excluding carboxylic acids is 1. The minimum Gasteiger partial charge on any atom is -0.497 e. The zero-order valence-corrected chi connectivity index (χ0v) is 18.2. The summed E-state index contributed by atoms with van der Waals surface area (Å²) in [7, 11) is 1.60. The van der Waals surface area contributed by atoms with Crippen LogP contribution in [0.15, 0.2) is 85.1 Å². The number of nitrogens with zero attached hydrogens (tertiary/aromatic N) is 4. The lowest BCUT2D eigenvalue weighted by atomic mass is 10.1. The van der Waals surface area contributed by atoms with Gasteiger partial charge < -0.3 is 10.1 Å². The lowest BCUT2D eigenvalue weighted by Gasteiger charge is -2.09. The maximum atomic E-state index is 13.1. The van der Waals surface area contributed by atoms with E-state index in [1.54, 1.807) is 48.3 Å². The van der Waals surface area contributed by atoms with E-state index >= 15 is 0 Å². The molecule has 0 saturated carbocycles. The fourth-order valence-electron chi connectivity index (χ4n) is 3.69. The van der Waals surface area contributed by atoms with Crippen molar-refractivity contribution in [2.75, 3.05) is 12.4 Å². The Morgan fingerprint density at radius 3 is 2.58 bits per heavy atom. The minimum absolute atomic E-state index is 0.282. The number of benzene rings is 2. The Labute approximate surface area is 190 Å². The quantitative estimate of drug-likeness (QED) is 0.418. The third-order valence-electron chi connectivity index (χ3n) is 5.31. The topological polar surface area (TPSA) is 81.9 Å². The van der Waals surface area contributed by atoms with Crippen LogP contribution >= 0.6 is 0 Å². The predicted molar refractivity (Wildman–Crippen MR) is 128 cm³/mol. The number of ether oxygens (including phenoxy) is 1. The van der Waals surface area contributed by atoms with Gasteiger partial charge in [-0.25, -0.2) is 9.67 Å². The molecule has 0 unspecified atom stereocenters. The third kappa shape index (κ3) is 4.04. The van der Waals surface area contributed by atoms with E-state index in [0.29, 0.717) is 11.5 Å². The Kier molecular flexibility index (Phi) is 5.28. The molecule has 1 N–H and O–H groups in total. The summed E-state index contributed by atoms with van der Waals surface area (Å²) >= 11 is 0. The van der Waals surface area contributed by atoms with Crippen molar-refractivity contribution in [3.05, 3.63) is 96.4 Å². The van der Waals surface area contributed by atoms with E-state index in [-0.39, 0.29) is 11.6 Å². The van der Waals surface area contributed by atoms with Crippen LogP contribution in [0.4, 0.5) is 5.69 Å². The molecule has 0 radical (unpaired) electrons. The molecule has 5 aromatic rings. The summed E-state index contributed by atoms with van der Waals surface area (Å²) < 4.78 is 6.89. The smallest absolute Gasteiger partial charge is 0.276 e. The average molecular weight is 435 g/mol. The van der Waals surface area contributed by atoms with Crippen LogP contribution in [0.5, 0.6) is 5.75 Å². The van der Waals surface area contributed by atoms with Crippen molar-refractivity contribution in [3.63, 3.8) is 0 Å². The monoisotopic (exact) mass is 435 g/mol. The average Bonchev–Trinajstić information content (AvgIpc) is 3.30.